The van der Waals surface area contributed by atoms with Crippen molar-refractivity contribution in [1.29, 1.82) is 10.5 Å². The van der Waals surface area contributed by atoms with Crippen LogP contribution in [0.2, 0.25) is 0 Å². The molecule has 2 aromatic carbocycles. The number of benzene rings is 2. The third kappa shape index (κ3) is 5.14. The number of nitrogens with two attached hydrogens (primary N) is 2. The lowest BCUT2D eigenvalue weighted by atomic mass is 9.82. The molecule has 0 radical (unpaired) electrons. The predicted molar refractivity (Wildman–Crippen MR) is 124 cm³/mol. The second-order valence-corrected chi connectivity index (χ2v) is 8.98. The summed E-state index contributed by atoms with van der Waals surface area (Å²) >= 11 is 0. The summed E-state index contributed by atoms with van der Waals surface area (Å²) in [5.41, 5.74) is 7.49. The molecule has 35 heavy (non-hydrogen) atoms. The van der Waals surface area contributed by atoms with Crippen molar-refractivity contribution in [2.75, 3.05) is 31.6 Å². The number of quaternary nitrogens is 1. The zero-order valence-electron chi connectivity index (χ0n) is 19.8. The quantitative estimate of drug-likeness (QED) is 0.320. The summed E-state index contributed by atoms with van der Waals surface area (Å²) in [7, 11) is 1.58. The van der Waals surface area contributed by atoms with Crippen molar-refractivity contribution in [3.63, 3.8) is 0 Å². The minimum absolute atomic E-state index is 0.135. The second-order valence-electron chi connectivity index (χ2n) is 8.98. The Hall–Kier alpha value is -3.86. The number of hydrogen-bond acceptors (Lipinski definition) is 5. The molecule has 1 fully saturated rings. The van der Waals surface area contributed by atoms with Crippen molar-refractivity contribution in [2.24, 2.45) is 11.1 Å². The number of anilines is 1. The van der Waals surface area contributed by atoms with E-state index in [1.807, 2.05) is 11.8 Å². The summed E-state index contributed by atoms with van der Waals surface area (Å²) in [5, 5.41) is 29.4. The lowest BCUT2D eigenvalue weighted by Crippen LogP contribution is -2.84. The Morgan fingerprint density at radius 1 is 1.31 bits per heavy atom. The highest BCUT2D eigenvalue weighted by Crippen LogP contribution is 2.36. The van der Waals surface area contributed by atoms with Gasteiger partial charge in [-0.25, -0.2) is 4.79 Å². The number of nitrogens with zero attached hydrogens (tertiary/aromatic N) is 3. The molecule has 0 spiro atoms. The Kier molecular flexibility index (Phi) is 7.20. The average Bonchev–Trinajstić information content (AvgIpc) is 2.85. The summed E-state index contributed by atoms with van der Waals surface area (Å²) in [4.78, 5) is 17.6. The highest BCUT2D eigenvalue weighted by Gasteiger charge is 2.40. The number of carbonyl (C=O) groups excluding carboxylic acids is 1. The van der Waals surface area contributed by atoms with Crippen LogP contribution in [0.15, 0.2) is 36.4 Å². The first-order valence-corrected chi connectivity index (χ1v) is 11.0. The van der Waals surface area contributed by atoms with Gasteiger partial charge in [0.15, 0.2) is 0 Å². The van der Waals surface area contributed by atoms with Gasteiger partial charge in [0.05, 0.1) is 40.9 Å². The third-order valence-corrected chi connectivity index (χ3v) is 6.14. The maximum atomic E-state index is 14.0. The van der Waals surface area contributed by atoms with Gasteiger partial charge < -0.3 is 10.0 Å². The minimum Gasteiger partial charge on any atom is -0.390 e. The van der Waals surface area contributed by atoms with Gasteiger partial charge in [-0.1, -0.05) is 18.2 Å². The van der Waals surface area contributed by atoms with Crippen LogP contribution in [0.3, 0.4) is 0 Å². The summed E-state index contributed by atoms with van der Waals surface area (Å²) in [5.74, 6) is -3.56. The van der Waals surface area contributed by atoms with E-state index in [2.05, 4.69) is 17.1 Å². The van der Waals surface area contributed by atoms with Crippen LogP contribution in [0.25, 0.3) is 0 Å². The van der Waals surface area contributed by atoms with Crippen LogP contribution in [0.5, 0.6) is 0 Å². The molecule has 0 bridgehead atoms. The van der Waals surface area contributed by atoms with Crippen LogP contribution >= 0.6 is 0 Å². The molecule has 1 atom stereocenters. The van der Waals surface area contributed by atoms with Gasteiger partial charge in [0, 0.05) is 18.7 Å². The number of nitrogen functional groups attached to an aromatic ring is 1. The Bertz CT molecular complexity index is 1260. The van der Waals surface area contributed by atoms with Gasteiger partial charge in [0.1, 0.15) is 18.7 Å². The molecule has 1 saturated heterocycles. The number of hydrogen-bond donors (Lipinski definition) is 4. The van der Waals surface area contributed by atoms with E-state index < -0.39 is 24.0 Å². The molecule has 0 aromatic heterocycles. The molecular formula is C25H28F2N6O2+2. The van der Waals surface area contributed by atoms with Gasteiger partial charge in [-0.2, -0.15) is 19.3 Å². The number of rotatable bonds is 7. The van der Waals surface area contributed by atoms with Gasteiger partial charge in [0.25, 0.3) is 11.8 Å². The number of aliphatic hydroxyl groups excluding tert-OH is 1. The maximum absolute atomic E-state index is 14.0. The molecule has 1 amide bonds. The molecule has 1 heterocycles. The molecule has 0 saturated carbocycles. The standard InChI is InChI=1S/C25H26F2N6O2/c1-15(16-5-4-6-18(7-16)25(26,27)14-34)32-22(30)19-9-21(33-12-24(2,11-29)13-33)17(10-28)8-20(19)23(35)31-3/h4-9,15,34H,12-14H2,1-3H3,(H2,30,32)(H,31,35)/p+2/t15-/m1/s1. The van der Waals surface area contributed by atoms with Crippen LogP contribution in [0.4, 0.5) is 14.5 Å². The van der Waals surface area contributed by atoms with Crippen LogP contribution in [-0.4, -0.2) is 43.6 Å². The fraction of sp³-hybridized carbons (Fsp3) is 0.360. The van der Waals surface area contributed by atoms with E-state index in [1.165, 1.54) is 29.6 Å². The first-order valence-electron chi connectivity index (χ1n) is 11.0. The normalized spacial score (nSPS) is 16.1. The molecule has 8 nitrogen and oxygen atoms in total. The molecule has 0 unspecified atom stereocenters. The van der Waals surface area contributed by atoms with Crippen LogP contribution in [0.1, 0.15) is 52.5 Å². The van der Waals surface area contributed by atoms with Gasteiger partial charge >= 0.3 is 5.91 Å². The number of primary amides is 1. The first-order chi connectivity index (χ1) is 16.5. The Labute approximate surface area is 202 Å². The lowest BCUT2D eigenvalue weighted by molar-refractivity contribution is -0.523. The van der Waals surface area contributed by atoms with Crippen LogP contribution in [-0.2, 0) is 5.92 Å². The van der Waals surface area contributed by atoms with Crippen LogP contribution in [0, 0.1) is 28.1 Å². The molecule has 3 rings (SSSR count). The number of amides is 1. The molecule has 1 aliphatic heterocycles. The van der Waals surface area contributed by atoms with Crippen molar-refractivity contribution in [3.8, 4) is 12.1 Å². The number of carbonyl (C=O) groups is 1. The summed E-state index contributed by atoms with van der Waals surface area (Å²) in [6.45, 7) is 3.12. The van der Waals surface area contributed by atoms with E-state index in [0.717, 1.165) is 0 Å². The average molecular weight is 483 g/mol. The molecule has 6 N–H and O–H groups in total. The number of nitriles is 2. The lowest BCUT2D eigenvalue weighted by Gasteiger charge is -2.45. The molecular weight excluding hydrogens is 454 g/mol. The fourth-order valence-corrected chi connectivity index (χ4v) is 4.08. The Morgan fingerprint density at radius 2 is 2.00 bits per heavy atom. The highest BCUT2D eigenvalue weighted by molar-refractivity contribution is 6.05. The summed E-state index contributed by atoms with van der Waals surface area (Å²) in [6, 6.07) is 12.7. The maximum Gasteiger partial charge on any atom is 0.343 e. The van der Waals surface area contributed by atoms with E-state index in [9.17, 15) is 24.1 Å². The van der Waals surface area contributed by atoms with Gasteiger partial charge in [0.2, 0.25) is 0 Å². The zero-order valence-corrected chi connectivity index (χ0v) is 19.8. The Balaban J connectivity index is 2.05. The highest BCUT2D eigenvalue weighted by atomic mass is 19.3. The van der Waals surface area contributed by atoms with Crippen molar-refractivity contribution in [2.45, 2.75) is 25.8 Å². The monoisotopic (exact) mass is 482 g/mol. The zero-order chi connectivity index (χ0) is 26.0. The van der Waals surface area contributed by atoms with Gasteiger partial charge in [-0.05, 0) is 37.6 Å². The van der Waals surface area contributed by atoms with Crippen molar-refractivity contribution >= 4 is 17.4 Å². The number of amidine groups is 1. The number of nitrogens with one attached hydrogen (secondary N) is 1. The van der Waals surface area contributed by atoms with Crippen molar-refractivity contribution in [1.82, 2.24) is 0 Å². The number of alkyl halides is 2. The first kappa shape index (κ1) is 25.8. The minimum atomic E-state index is -3.38. The summed E-state index contributed by atoms with van der Waals surface area (Å²) in [6.07, 6.45) is 0. The molecule has 2 aromatic rings. The largest absolute Gasteiger partial charge is 0.390 e. The second kappa shape index (κ2) is 9.79. The molecule has 0 aliphatic carbocycles. The summed E-state index contributed by atoms with van der Waals surface area (Å²) < 4.78 is 27.9. The van der Waals surface area contributed by atoms with E-state index >= 15 is 0 Å². The molecule has 1 aliphatic rings. The van der Waals surface area contributed by atoms with Crippen molar-refractivity contribution in [3.05, 3.63) is 64.2 Å². The van der Waals surface area contributed by atoms with Crippen LogP contribution < -0.4 is 20.9 Å². The number of halogens is 2. The topological polar surface area (TPSA) is 145 Å². The van der Waals surface area contributed by atoms with E-state index in [1.54, 1.807) is 26.1 Å². The van der Waals surface area contributed by atoms with Crippen molar-refractivity contribution < 1.29 is 29.0 Å². The van der Waals surface area contributed by atoms with E-state index in [4.69, 9.17) is 10.8 Å². The van der Waals surface area contributed by atoms with E-state index in [-0.39, 0.29) is 22.9 Å². The fourth-order valence-electron chi connectivity index (χ4n) is 4.08. The predicted octanol–water partition coefficient (Wildman–Crippen LogP) is -0.127. The molecule has 182 valence electrons. The SMILES string of the molecule is C[NH2+]C(=O)c1cc(C#N)c(N2CC(C)(C#N)C2)cc1C(N)=[NH+][C@H](C)c1cccc(C(F)(F)CO)c1. The Morgan fingerprint density at radius 3 is 2.57 bits per heavy atom. The smallest absolute Gasteiger partial charge is 0.343 e. The third-order valence-electron chi connectivity index (χ3n) is 6.14. The molecule has 10 heteroatoms. The van der Waals surface area contributed by atoms with Gasteiger partial charge in [-0.3, -0.25) is 16.0 Å². The van der Waals surface area contributed by atoms with Gasteiger partial charge in [-0.15, -0.1) is 0 Å². The van der Waals surface area contributed by atoms with E-state index in [0.29, 0.717) is 35.5 Å². The number of aliphatic hydroxyl groups is 1.